The summed E-state index contributed by atoms with van der Waals surface area (Å²) in [6.45, 7) is 2.68. The van der Waals surface area contributed by atoms with Crippen molar-refractivity contribution in [2.75, 3.05) is 19.5 Å². The predicted octanol–water partition coefficient (Wildman–Crippen LogP) is 0.673. The molecule has 1 aromatic heterocycles. The number of methoxy groups -OCH3 is 1. The van der Waals surface area contributed by atoms with Crippen LogP contribution in [0.5, 0.6) is 0 Å². The van der Waals surface area contributed by atoms with Crippen LogP contribution in [0.25, 0.3) is 0 Å². The number of rotatable bonds is 3. The Hall–Kier alpha value is -1.03. The average Bonchev–Trinajstić information content (AvgIpc) is 2.36. The Morgan fingerprint density at radius 1 is 1.82 bits per heavy atom. The average molecular weight is 155 g/mol. The Bertz CT molecular complexity index is 221. The normalized spacial score (nSPS) is 13.3. The standard InChI is InChI=1S/C7H13N3O/c1-6(5-11-2)10-4-3-9-7(10)8/h3-4,6H,5H2,1-2H3,(H2,8,9). The molecule has 11 heavy (non-hydrogen) atoms. The van der Waals surface area contributed by atoms with E-state index in [0.717, 1.165) is 0 Å². The van der Waals surface area contributed by atoms with Crippen molar-refractivity contribution < 1.29 is 4.74 Å². The van der Waals surface area contributed by atoms with Crippen LogP contribution in [0.15, 0.2) is 12.4 Å². The van der Waals surface area contributed by atoms with Crippen LogP contribution in [-0.2, 0) is 4.74 Å². The third-order valence-electron chi connectivity index (χ3n) is 1.58. The fourth-order valence-corrected chi connectivity index (χ4v) is 1.02. The molecule has 0 saturated heterocycles. The van der Waals surface area contributed by atoms with E-state index in [-0.39, 0.29) is 6.04 Å². The Kier molecular flexibility index (Phi) is 2.48. The molecule has 0 aliphatic carbocycles. The summed E-state index contributed by atoms with van der Waals surface area (Å²) in [6.07, 6.45) is 3.53. The summed E-state index contributed by atoms with van der Waals surface area (Å²) >= 11 is 0. The van der Waals surface area contributed by atoms with Gasteiger partial charge in [-0.1, -0.05) is 0 Å². The van der Waals surface area contributed by atoms with Gasteiger partial charge in [0, 0.05) is 19.5 Å². The summed E-state index contributed by atoms with van der Waals surface area (Å²) in [6, 6.07) is 0.252. The van der Waals surface area contributed by atoms with E-state index in [2.05, 4.69) is 4.98 Å². The molecule has 1 unspecified atom stereocenters. The first-order chi connectivity index (χ1) is 5.25. The minimum Gasteiger partial charge on any atom is -0.383 e. The van der Waals surface area contributed by atoms with Gasteiger partial charge in [-0.3, -0.25) is 0 Å². The third kappa shape index (κ3) is 1.71. The molecule has 1 heterocycles. The second-order valence-electron chi connectivity index (χ2n) is 2.50. The molecule has 1 atom stereocenters. The van der Waals surface area contributed by atoms with Gasteiger partial charge in [-0.2, -0.15) is 0 Å². The third-order valence-corrected chi connectivity index (χ3v) is 1.58. The molecule has 1 rings (SSSR count). The Morgan fingerprint density at radius 3 is 3.00 bits per heavy atom. The summed E-state index contributed by atoms with van der Waals surface area (Å²) < 4.78 is 6.86. The van der Waals surface area contributed by atoms with Gasteiger partial charge >= 0.3 is 0 Å². The van der Waals surface area contributed by atoms with Crippen LogP contribution < -0.4 is 5.73 Å². The molecular weight excluding hydrogens is 142 g/mol. The Balaban J connectivity index is 2.67. The van der Waals surface area contributed by atoms with E-state index >= 15 is 0 Å². The van der Waals surface area contributed by atoms with E-state index in [9.17, 15) is 0 Å². The van der Waals surface area contributed by atoms with Gasteiger partial charge in [0.25, 0.3) is 0 Å². The number of nitrogens with zero attached hydrogens (tertiary/aromatic N) is 2. The zero-order valence-electron chi connectivity index (χ0n) is 6.82. The van der Waals surface area contributed by atoms with Crippen molar-refractivity contribution in [2.45, 2.75) is 13.0 Å². The summed E-state index contributed by atoms with van der Waals surface area (Å²) in [5.41, 5.74) is 5.57. The topological polar surface area (TPSA) is 53.1 Å². The van der Waals surface area contributed by atoms with Crippen molar-refractivity contribution in [3.05, 3.63) is 12.4 Å². The lowest BCUT2D eigenvalue weighted by atomic mass is 10.3. The predicted molar refractivity (Wildman–Crippen MR) is 43.2 cm³/mol. The van der Waals surface area contributed by atoms with Crippen LogP contribution in [0.1, 0.15) is 13.0 Å². The Morgan fingerprint density at radius 2 is 2.55 bits per heavy atom. The second-order valence-corrected chi connectivity index (χ2v) is 2.50. The molecular formula is C7H13N3O. The first kappa shape index (κ1) is 8.07. The molecule has 0 radical (unpaired) electrons. The summed E-state index contributed by atoms with van der Waals surface area (Å²) in [5, 5.41) is 0. The van der Waals surface area contributed by atoms with Crippen LogP contribution in [-0.4, -0.2) is 23.3 Å². The van der Waals surface area contributed by atoms with Crippen molar-refractivity contribution in [3.63, 3.8) is 0 Å². The highest BCUT2D eigenvalue weighted by Gasteiger charge is 2.05. The monoisotopic (exact) mass is 155 g/mol. The number of anilines is 1. The van der Waals surface area contributed by atoms with Gasteiger partial charge in [0.15, 0.2) is 5.95 Å². The van der Waals surface area contributed by atoms with Crippen LogP contribution in [0, 0.1) is 0 Å². The van der Waals surface area contributed by atoms with Crippen LogP contribution in [0.3, 0.4) is 0 Å². The second kappa shape index (κ2) is 3.39. The molecule has 2 N–H and O–H groups in total. The summed E-state index contributed by atoms with van der Waals surface area (Å²) in [7, 11) is 1.67. The molecule has 0 saturated carbocycles. The lowest BCUT2D eigenvalue weighted by Gasteiger charge is -2.12. The number of ether oxygens (including phenoxy) is 1. The molecule has 0 spiro atoms. The van der Waals surface area contributed by atoms with Gasteiger partial charge in [-0.15, -0.1) is 0 Å². The van der Waals surface area contributed by atoms with Crippen LogP contribution in [0.2, 0.25) is 0 Å². The van der Waals surface area contributed by atoms with Crippen LogP contribution >= 0.6 is 0 Å². The summed E-state index contributed by atoms with van der Waals surface area (Å²) in [5.74, 6) is 0.537. The van der Waals surface area contributed by atoms with Crippen molar-refractivity contribution >= 4 is 5.95 Å². The molecule has 0 aliphatic heterocycles. The maximum absolute atomic E-state index is 5.57. The molecule has 0 aromatic carbocycles. The number of imidazole rings is 1. The largest absolute Gasteiger partial charge is 0.383 e. The fourth-order valence-electron chi connectivity index (χ4n) is 1.02. The highest BCUT2D eigenvalue weighted by molar-refractivity contribution is 5.17. The molecule has 0 bridgehead atoms. The minimum atomic E-state index is 0.252. The SMILES string of the molecule is COCC(C)n1ccnc1N. The van der Waals surface area contributed by atoms with Gasteiger partial charge in [-0.05, 0) is 6.92 Å². The van der Waals surface area contributed by atoms with Gasteiger partial charge in [0.05, 0.1) is 12.6 Å². The molecule has 1 aromatic rings. The van der Waals surface area contributed by atoms with Crippen molar-refractivity contribution in [3.8, 4) is 0 Å². The molecule has 4 heteroatoms. The molecule has 0 amide bonds. The van der Waals surface area contributed by atoms with Gasteiger partial charge in [0.2, 0.25) is 0 Å². The first-order valence-corrected chi connectivity index (χ1v) is 3.53. The molecule has 62 valence electrons. The van der Waals surface area contributed by atoms with Gasteiger partial charge in [-0.25, -0.2) is 4.98 Å². The maximum atomic E-state index is 5.57. The van der Waals surface area contributed by atoms with E-state index < -0.39 is 0 Å². The van der Waals surface area contributed by atoms with E-state index in [1.165, 1.54) is 0 Å². The van der Waals surface area contributed by atoms with E-state index in [4.69, 9.17) is 10.5 Å². The van der Waals surface area contributed by atoms with Crippen molar-refractivity contribution in [2.24, 2.45) is 0 Å². The minimum absolute atomic E-state index is 0.252. The first-order valence-electron chi connectivity index (χ1n) is 3.53. The molecule has 0 fully saturated rings. The number of hydrogen-bond donors (Lipinski definition) is 1. The van der Waals surface area contributed by atoms with Crippen molar-refractivity contribution in [1.82, 2.24) is 9.55 Å². The van der Waals surface area contributed by atoms with Gasteiger partial charge < -0.3 is 15.0 Å². The van der Waals surface area contributed by atoms with E-state index in [1.807, 2.05) is 17.7 Å². The lowest BCUT2D eigenvalue weighted by Crippen LogP contribution is -2.12. The molecule has 4 nitrogen and oxygen atoms in total. The van der Waals surface area contributed by atoms with E-state index in [0.29, 0.717) is 12.6 Å². The highest BCUT2D eigenvalue weighted by atomic mass is 16.5. The zero-order chi connectivity index (χ0) is 8.27. The smallest absolute Gasteiger partial charge is 0.200 e. The fraction of sp³-hybridized carbons (Fsp3) is 0.571. The number of hydrogen-bond acceptors (Lipinski definition) is 3. The number of nitrogens with two attached hydrogens (primary N) is 1. The highest BCUT2D eigenvalue weighted by Crippen LogP contribution is 2.09. The quantitative estimate of drug-likeness (QED) is 0.698. The maximum Gasteiger partial charge on any atom is 0.200 e. The zero-order valence-corrected chi connectivity index (χ0v) is 6.82. The van der Waals surface area contributed by atoms with Crippen molar-refractivity contribution in [1.29, 1.82) is 0 Å². The summed E-state index contributed by atoms with van der Waals surface area (Å²) in [4.78, 5) is 3.91. The van der Waals surface area contributed by atoms with E-state index in [1.54, 1.807) is 13.3 Å². The number of nitrogen functional groups attached to an aromatic ring is 1. The Labute approximate surface area is 66.0 Å². The molecule has 0 aliphatic rings. The van der Waals surface area contributed by atoms with Crippen LogP contribution in [0.4, 0.5) is 5.95 Å². The van der Waals surface area contributed by atoms with Gasteiger partial charge in [0.1, 0.15) is 0 Å². The lowest BCUT2D eigenvalue weighted by molar-refractivity contribution is 0.163. The number of aromatic nitrogens is 2.